The number of nitrogens with zero attached hydrogens (tertiary/aromatic N) is 3. The minimum absolute atomic E-state index is 0.0325. The van der Waals surface area contributed by atoms with E-state index >= 15 is 0 Å². The van der Waals surface area contributed by atoms with Gasteiger partial charge in [-0.3, -0.25) is 9.36 Å². The van der Waals surface area contributed by atoms with Crippen LogP contribution in [0.3, 0.4) is 0 Å². The third-order valence-corrected chi connectivity index (χ3v) is 7.78. The van der Waals surface area contributed by atoms with Gasteiger partial charge in [0.2, 0.25) is 5.91 Å². The van der Waals surface area contributed by atoms with E-state index < -0.39 is 5.60 Å². The molecule has 0 radical (unpaired) electrons. The Hall–Kier alpha value is -2.82. The Kier molecular flexibility index (Phi) is 6.61. The zero-order valence-electron chi connectivity index (χ0n) is 20.9. The van der Waals surface area contributed by atoms with Gasteiger partial charge in [-0.1, -0.05) is 26.0 Å². The van der Waals surface area contributed by atoms with Crippen molar-refractivity contribution in [1.29, 1.82) is 5.26 Å². The fourth-order valence-corrected chi connectivity index (χ4v) is 5.92. The van der Waals surface area contributed by atoms with Crippen LogP contribution in [0.4, 0.5) is 0 Å². The van der Waals surface area contributed by atoms with Gasteiger partial charge in [-0.25, -0.2) is 0 Å². The molecule has 186 valence electrons. The number of amides is 1. The zero-order valence-corrected chi connectivity index (χ0v) is 20.9. The summed E-state index contributed by atoms with van der Waals surface area (Å²) in [5, 5.41) is 9.69. The summed E-state index contributed by atoms with van der Waals surface area (Å²) in [4.78, 5) is 15.5. The monoisotopic (exact) mass is 477 g/mol. The van der Waals surface area contributed by atoms with Gasteiger partial charge in [0, 0.05) is 45.6 Å². The second-order valence-electron chi connectivity index (χ2n) is 10.5. The maximum Gasteiger partial charge on any atom is 0.225 e. The van der Waals surface area contributed by atoms with Crippen molar-refractivity contribution in [2.75, 3.05) is 26.8 Å². The number of methoxy groups -OCH3 is 1. The van der Waals surface area contributed by atoms with Gasteiger partial charge in [-0.15, -0.1) is 0 Å². The molecule has 0 bridgehead atoms. The molecule has 1 saturated carbocycles. The molecule has 2 aromatic rings. The Morgan fingerprint density at radius 3 is 2.66 bits per heavy atom. The van der Waals surface area contributed by atoms with Gasteiger partial charge >= 0.3 is 0 Å². The minimum Gasteiger partial charge on any atom is -0.479 e. The number of nitriles is 1. The first kappa shape index (κ1) is 23.9. The van der Waals surface area contributed by atoms with Crippen molar-refractivity contribution >= 4 is 5.91 Å². The van der Waals surface area contributed by atoms with E-state index in [9.17, 15) is 10.1 Å². The fraction of sp³-hybridized carbons (Fsp3) is 0.571. The van der Waals surface area contributed by atoms with Crippen LogP contribution in [0.5, 0.6) is 5.75 Å². The number of hydrogen-bond acceptors (Lipinski definition) is 5. The Bertz CT molecular complexity index is 1110. The number of carbonyl (C=O) groups is 1. The van der Waals surface area contributed by atoms with Crippen LogP contribution in [0.2, 0.25) is 0 Å². The summed E-state index contributed by atoms with van der Waals surface area (Å²) < 4.78 is 20.4. The molecule has 3 unspecified atom stereocenters. The molecule has 1 amide bonds. The van der Waals surface area contributed by atoms with Crippen LogP contribution in [0.25, 0.3) is 5.69 Å². The average molecular weight is 478 g/mol. The van der Waals surface area contributed by atoms with Gasteiger partial charge in [-0.2, -0.15) is 5.26 Å². The summed E-state index contributed by atoms with van der Waals surface area (Å²) in [6.07, 6.45) is 3.81. The van der Waals surface area contributed by atoms with E-state index in [1.807, 2.05) is 45.9 Å². The Balaban J connectivity index is 1.28. The highest BCUT2D eigenvalue weighted by Crippen LogP contribution is 2.46. The van der Waals surface area contributed by atoms with E-state index in [1.165, 1.54) is 0 Å². The molecule has 35 heavy (non-hydrogen) atoms. The molecule has 3 atom stereocenters. The van der Waals surface area contributed by atoms with Crippen LogP contribution < -0.4 is 4.74 Å². The fourth-order valence-electron chi connectivity index (χ4n) is 5.92. The third kappa shape index (κ3) is 4.34. The Morgan fingerprint density at radius 1 is 1.17 bits per heavy atom. The van der Waals surface area contributed by atoms with E-state index in [1.54, 1.807) is 7.11 Å². The average Bonchev–Trinajstić information content (AvgIpc) is 3.33. The number of likely N-dealkylation sites (tertiary alicyclic amines) is 1. The number of fused-ring (bicyclic) bond motifs is 4. The number of para-hydroxylation sites is 2. The van der Waals surface area contributed by atoms with Crippen LogP contribution in [0.1, 0.15) is 57.3 Å². The standard InChI is InChI=1S/C28H35N3O4/c1-19(2)18-34-24-10-8-20(16-25(24)33-3)27(32)30-14-12-28(13-15-30)26-11-9-21(17-29)31(26)22-6-4-5-7-23(22)35-28/h4-7,9,11,19-20,24-25H,8,10,12-16,18H2,1-3H3. The number of rotatable bonds is 5. The molecule has 5 rings (SSSR count). The number of aromatic nitrogens is 1. The topological polar surface area (TPSA) is 76.7 Å². The summed E-state index contributed by atoms with van der Waals surface area (Å²) >= 11 is 0. The van der Waals surface area contributed by atoms with Crippen molar-refractivity contribution in [3.05, 3.63) is 47.8 Å². The first-order chi connectivity index (χ1) is 17.0. The molecule has 0 N–H and O–H groups in total. The van der Waals surface area contributed by atoms with Crippen LogP contribution in [0, 0.1) is 23.2 Å². The quantitative estimate of drug-likeness (QED) is 0.637. The largest absolute Gasteiger partial charge is 0.479 e. The molecular formula is C28H35N3O4. The molecule has 1 saturated heterocycles. The molecule has 3 aliphatic rings. The van der Waals surface area contributed by atoms with Crippen molar-refractivity contribution in [2.45, 2.75) is 63.8 Å². The summed E-state index contributed by atoms with van der Waals surface area (Å²) in [6.45, 7) is 6.28. The predicted octanol–water partition coefficient (Wildman–Crippen LogP) is 4.42. The number of hydrogen-bond donors (Lipinski definition) is 0. The highest BCUT2D eigenvalue weighted by molar-refractivity contribution is 5.79. The van der Waals surface area contributed by atoms with E-state index in [0.29, 0.717) is 44.0 Å². The Labute approximate surface area is 207 Å². The molecule has 7 nitrogen and oxygen atoms in total. The lowest BCUT2D eigenvalue weighted by Gasteiger charge is -2.46. The summed E-state index contributed by atoms with van der Waals surface area (Å²) in [7, 11) is 1.72. The van der Waals surface area contributed by atoms with Crippen LogP contribution >= 0.6 is 0 Å². The van der Waals surface area contributed by atoms with E-state index in [4.69, 9.17) is 14.2 Å². The predicted molar refractivity (Wildman–Crippen MR) is 131 cm³/mol. The maximum atomic E-state index is 13.5. The number of benzene rings is 1. The lowest BCUT2D eigenvalue weighted by Crippen LogP contribution is -2.52. The number of piperidine rings is 1. The summed E-state index contributed by atoms with van der Waals surface area (Å²) in [6, 6.07) is 14.1. The van der Waals surface area contributed by atoms with Gasteiger partial charge in [0.05, 0.1) is 23.6 Å². The molecule has 1 aromatic carbocycles. The van der Waals surface area contributed by atoms with Crippen molar-refractivity contribution in [3.8, 4) is 17.5 Å². The van der Waals surface area contributed by atoms with Gasteiger partial charge in [0.15, 0.2) is 5.60 Å². The van der Waals surface area contributed by atoms with Gasteiger partial charge < -0.3 is 19.1 Å². The first-order valence-electron chi connectivity index (χ1n) is 12.8. The molecule has 2 fully saturated rings. The first-order valence-corrected chi connectivity index (χ1v) is 12.8. The van der Waals surface area contributed by atoms with Crippen LogP contribution in [0.15, 0.2) is 36.4 Å². The van der Waals surface area contributed by atoms with Gasteiger partial charge in [0.1, 0.15) is 17.5 Å². The van der Waals surface area contributed by atoms with E-state index in [-0.39, 0.29) is 24.0 Å². The second-order valence-corrected chi connectivity index (χ2v) is 10.5. The highest BCUT2D eigenvalue weighted by Gasteiger charge is 2.46. The van der Waals surface area contributed by atoms with Crippen molar-refractivity contribution < 1.29 is 19.0 Å². The highest BCUT2D eigenvalue weighted by atomic mass is 16.5. The Morgan fingerprint density at radius 2 is 1.94 bits per heavy atom. The molecule has 3 heterocycles. The third-order valence-electron chi connectivity index (χ3n) is 7.78. The molecule has 7 heteroatoms. The molecule has 2 aliphatic heterocycles. The van der Waals surface area contributed by atoms with Crippen LogP contribution in [-0.4, -0.2) is 54.4 Å². The summed E-state index contributed by atoms with van der Waals surface area (Å²) in [5.41, 5.74) is 1.98. The number of ether oxygens (including phenoxy) is 3. The lowest BCUT2D eigenvalue weighted by atomic mass is 9.82. The van der Waals surface area contributed by atoms with Crippen molar-refractivity contribution in [3.63, 3.8) is 0 Å². The number of carbonyl (C=O) groups excluding carboxylic acids is 1. The minimum atomic E-state index is -0.530. The van der Waals surface area contributed by atoms with Gasteiger partial charge in [0.25, 0.3) is 0 Å². The molecule has 1 aromatic heterocycles. The van der Waals surface area contributed by atoms with Crippen molar-refractivity contribution in [2.24, 2.45) is 11.8 Å². The maximum absolute atomic E-state index is 13.5. The SMILES string of the molecule is COC1CC(C(=O)N2CCC3(CC2)Oc2ccccc2-n2c(C#N)ccc23)CCC1OCC(C)C. The van der Waals surface area contributed by atoms with E-state index in [2.05, 4.69) is 19.9 Å². The van der Waals surface area contributed by atoms with Crippen molar-refractivity contribution in [1.82, 2.24) is 9.47 Å². The zero-order chi connectivity index (χ0) is 24.6. The van der Waals surface area contributed by atoms with Crippen LogP contribution in [-0.2, 0) is 19.9 Å². The summed E-state index contributed by atoms with van der Waals surface area (Å²) in [5.74, 6) is 1.45. The molecular weight excluding hydrogens is 442 g/mol. The normalized spacial score (nSPS) is 25.0. The van der Waals surface area contributed by atoms with Gasteiger partial charge in [-0.05, 0) is 49.4 Å². The molecule has 1 spiro atoms. The van der Waals surface area contributed by atoms with E-state index in [0.717, 1.165) is 36.6 Å². The lowest BCUT2D eigenvalue weighted by molar-refractivity contribution is -0.147. The molecule has 1 aliphatic carbocycles. The second kappa shape index (κ2) is 9.67. The smallest absolute Gasteiger partial charge is 0.225 e.